The quantitative estimate of drug-likeness (QED) is 0.789. The largest absolute Gasteiger partial charge is 0.316 e. The van der Waals surface area contributed by atoms with Crippen LogP contribution in [0.2, 0.25) is 0 Å². The first-order valence-corrected chi connectivity index (χ1v) is 9.49. The molecule has 23 heavy (non-hydrogen) atoms. The van der Waals surface area contributed by atoms with Crippen molar-refractivity contribution in [2.75, 3.05) is 13.1 Å². The Morgan fingerprint density at radius 3 is 3.04 bits per heavy atom. The number of aryl methyl sites for hydroxylation is 1. The molecule has 1 aliphatic heterocycles. The third kappa shape index (κ3) is 2.88. The average molecular weight is 345 g/mol. The number of nitrogens with one attached hydrogen (secondary N) is 1. The van der Waals surface area contributed by atoms with Gasteiger partial charge in [0, 0.05) is 19.5 Å². The standard InChI is InChI=1S/C16H19N5S2/c1-10-5-3-7-12-13(10)22-16(18-12)23-15-20-19-14(21(15)2)11-6-4-8-17-9-11/h3,5,7,11,17H,4,6,8-9H2,1-2H3. The van der Waals surface area contributed by atoms with Gasteiger partial charge in [-0.15, -0.1) is 21.5 Å². The Kier molecular flexibility index (Phi) is 4.09. The molecule has 3 aromatic rings. The minimum atomic E-state index is 0.466. The van der Waals surface area contributed by atoms with Crippen molar-refractivity contribution in [1.29, 1.82) is 0 Å². The van der Waals surface area contributed by atoms with Crippen molar-refractivity contribution in [2.45, 2.75) is 35.2 Å². The molecule has 0 aliphatic carbocycles. The number of hydrogen-bond acceptors (Lipinski definition) is 6. The predicted octanol–water partition coefficient (Wildman–Crippen LogP) is 3.35. The lowest BCUT2D eigenvalue weighted by atomic mass is 9.99. The molecule has 1 atom stereocenters. The fraction of sp³-hybridized carbons (Fsp3) is 0.438. The van der Waals surface area contributed by atoms with Crippen LogP contribution in [0.4, 0.5) is 0 Å². The molecule has 4 rings (SSSR count). The molecule has 1 aliphatic rings. The molecule has 3 heterocycles. The number of thiazole rings is 1. The lowest BCUT2D eigenvalue weighted by Crippen LogP contribution is -2.29. The highest BCUT2D eigenvalue weighted by Gasteiger charge is 2.22. The number of aromatic nitrogens is 4. The monoisotopic (exact) mass is 345 g/mol. The van der Waals surface area contributed by atoms with Crippen LogP contribution in [0.3, 0.4) is 0 Å². The molecule has 0 bridgehead atoms. The smallest absolute Gasteiger partial charge is 0.198 e. The van der Waals surface area contributed by atoms with Crippen molar-refractivity contribution < 1.29 is 0 Å². The predicted molar refractivity (Wildman–Crippen MR) is 94.3 cm³/mol. The van der Waals surface area contributed by atoms with Gasteiger partial charge in [-0.05, 0) is 49.7 Å². The van der Waals surface area contributed by atoms with E-state index < -0.39 is 0 Å². The van der Waals surface area contributed by atoms with Crippen LogP contribution in [-0.4, -0.2) is 32.8 Å². The van der Waals surface area contributed by atoms with Gasteiger partial charge in [0.15, 0.2) is 9.50 Å². The Hall–Kier alpha value is -1.44. The summed E-state index contributed by atoms with van der Waals surface area (Å²) in [5.41, 5.74) is 2.34. The van der Waals surface area contributed by atoms with Crippen LogP contribution in [-0.2, 0) is 7.05 Å². The maximum atomic E-state index is 4.72. The lowest BCUT2D eigenvalue weighted by Gasteiger charge is -2.21. The number of fused-ring (bicyclic) bond motifs is 1. The summed E-state index contributed by atoms with van der Waals surface area (Å²) in [6.07, 6.45) is 2.39. The molecule has 5 nitrogen and oxygen atoms in total. The van der Waals surface area contributed by atoms with Crippen molar-refractivity contribution >= 4 is 33.3 Å². The molecule has 1 fully saturated rings. The molecule has 0 spiro atoms. The van der Waals surface area contributed by atoms with E-state index in [0.29, 0.717) is 5.92 Å². The normalized spacial score (nSPS) is 18.6. The third-order valence-corrected chi connectivity index (χ3v) is 6.61. The van der Waals surface area contributed by atoms with Crippen LogP contribution in [0, 0.1) is 6.92 Å². The van der Waals surface area contributed by atoms with E-state index in [1.807, 2.05) is 0 Å². The van der Waals surface area contributed by atoms with Crippen molar-refractivity contribution in [3.8, 4) is 0 Å². The van der Waals surface area contributed by atoms with Gasteiger partial charge in [0.1, 0.15) is 5.82 Å². The fourth-order valence-corrected chi connectivity index (χ4v) is 5.05. The second kappa shape index (κ2) is 6.22. The van der Waals surface area contributed by atoms with Crippen LogP contribution in [0.5, 0.6) is 0 Å². The SMILES string of the molecule is Cc1cccc2nc(Sc3nnc(C4CCCNC4)n3C)sc12. The van der Waals surface area contributed by atoms with Crippen LogP contribution in [0.1, 0.15) is 30.1 Å². The zero-order valence-electron chi connectivity index (χ0n) is 13.2. The second-order valence-corrected chi connectivity index (χ2v) is 8.16. The van der Waals surface area contributed by atoms with Gasteiger partial charge < -0.3 is 9.88 Å². The minimum absolute atomic E-state index is 0.466. The van der Waals surface area contributed by atoms with Gasteiger partial charge in [-0.2, -0.15) is 0 Å². The molecule has 0 amide bonds. The number of benzene rings is 1. The molecular weight excluding hydrogens is 326 g/mol. The summed E-state index contributed by atoms with van der Waals surface area (Å²) in [4.78, 5) is 4.72. The highest BCUT2D eigenvalue weighted by atomic mass is 32.2. The summed E-state index contributed by atoms with van der Waals surface area (Å²) in [6, 6.07) is 6.26. The highest BCUT2D eigenvalue weighted by molar-refractivity contribution is 8.01. The van der Waals surface area contributed by atoms with E-state index in [2.05, 4.69) is 52.3 Å². The van der Waals surface area contributed by atoms with E-state index in [1.54, 1.807) is 23.1 Å². The maximum Gasteiger partial charge on any atom is 0.198 e. The third-order valence-electron chi connectivity index (χ3n) is 4.30. The molecule has 0 radical (unpaired) electrons. The lowest BCUT2D eigenvalue weighted by molar-refractivity contribution is 0.436. The van der Waals surface area contributed by atoms with E-state index in [4.69, 9.17) is 4.98 Å². The Morgan fingerprint density at radius 2 is 2.26 bits per heavy atom. The van der Waals surface area contributed by atoms with Crippen LogP contribution in [0.15, 0.2) is 27.7 Å². The van der Waals surface area contributed by atoms with Gasteiger partial charge in [0.25, 0.3) is 0 Å². The van der Waals surface area contributed by atoms with Crippen molar-refractivity contribution in [3.05, 3.63) is 29.6 Å². The first kappa shape index (κ1) is 15.1. The van der Waals surface area contributed by atoms with Gasteiger partial charge in [0.05, 0.1) is 10.2 Å². The Bertz CT molecular complexity index is 832. The number of nitrogens with zero attached hydrogens (tertiary/aromatic N) is 4. The summed E-state index contributed by atoms with van der Waals surface area (Å²) in [5.74, 6) is 1.55. The first-order chi connectivity index (χ1) is 11.2. The van der Waals surface area contributed by atoms with Gasteiger partial charge in [0.2, 0.25) is 0 Å². The van der Waals surface area contributed by atoms with Gasteiger partial charge in [-0.25, -0.2) is 4.98 Å². The second-order valence-electron chi connectivity index (χ2n) is 5.95. The van der Waals surface area contributed by atoms with E-state index in [-0.39, 0.29) is 0 Å². The van der Waals surface area contributed by atoms with Crippen LogP contribution >= 0.6 is 23.1 Å². The molecule has 1 unspecified atom stereocenters. The Balaban J connectivity index is 1.60. The van der Waals surface area contributed by atoms with Crippen molar-refractivity contribution in [1.82, 2.24) is 25.1 Å². The molecule has 0 saturated carbocycles. The molecule has 120 valence electrons. The molecule has 1 saturated heterocycles. The number of hydrogen-bond donors (Lipinski definition) is 1. The van der Waals surface area contributed by atoms with Gasteiger partial charge in [-0.3, -0.25) is 0 Å². The topological polar surface area (TPSA) is 55.6 Å². The zero-order chi connectivity index (χ0) is 15.8. The van der Waals surface area contributed by atoms with Gasteiger partial charge in [-0.1, -0.05) is 12.1 Å². The fourth-order valence-electron chi connectivity index (χ4n) is 3.03. The Morgan fingerprint density at radius 1 is 1.35 bits per heavy atom. The van der Waals surface area contributed by atoms with E-state index in [9.17, 15) is 0 Å². The van der Waals surface area contributed by atoms with Crippen molar-refractivity contribution in [2.24, 2.45) is 7.05 Å². The molecule has 7 heteroatoms. The average Bonchev–Trinajstić information content (AvgIpc) is 3.14. The number of piperidine rings is 1. The van der Waals surface area contributed by atoms with E-state index >= 15 is 0 Å². The van der Waals surface area contributed by atoms with Crippen molar-refractivity contribution in [3.63, 3.8) is 0 Å². The van der Waals surface area contributed by atoms with E-state index in [0.717, 1.165) is 33.9 Å². The summed E-state index contributed by atoms with van der Waals surface area (Å²) >= 11 is 3.34. The molecule has 1 aromatic carbocycles. The zero-order valence-corrected chi connectivity index (χ0v) is 14.9. The number of rotatable bonds is 3. The van der Waals surface area contributed by atoms with E-state index in [1.165, 1.54) is 23.1 Å². The Labute approximate surface area is 143 Å². The van der Waals surface area contributed by atoms with Crippen LogP contribution < -0.4 is 5.32 Å². The summed E-state index contributed by atoms with van der Waals surface area (Å²) in [7, 11) is 2.06. The molecular formula is C16H19N5S2. The molecule has 1 N–H and O–H groups in total. The van der Waals surface area contributed by atoms with Crippen LogP contribution in [0.25, 0.3) is 10.2 Å². The van der Waals surface area contributed by atoms with Gasteiger partial charge >= 0.3 is 0 Å². The summed E-state index contributed by atoms with van der Waals surface area (Å²) < 4.78 is 4.41. The first-order valence-electron chi connectivity index (χ1n) is 7.86. The maximum absolute atomic E-state index is 4.72. The highest BCUT2D eigenvalue weighted by Crippen LogP contribution is 2.35. The summed E-state index contributed by atoms with van der Waals surface area (Å²) in [6.45, 7) is 4.24. The molecule has 2 aromatic heterocycles. The minimum Gasteiger partial charge on any atom is -0.316 e. The summed E-state index contributed by atoms with van der Waals surface area (Å²) in [5, 5.41) is 13.2.